The Hall–Kier alpha value is -1.02. The second kappa shape index (κ2) is 6.42. The van der Waals surface area contributed by atoms with Gasteiger partial charge in [-0.3, -0.25) is 4.98 Å². The normalized spacial score (nSPS) is 20.0. The Morgan fingerprint density at radius 3 is 2.95 bits per heavy atom. The lowest BCUT2D eigenvalue weighted by Gasteiger charge is -2.24. The van der Waals surface area contributed by atoms with Crippen LogP contribution in [0.5, 0.6) is 0 Å². The Balaban J connectivity index is 2.17. The van der Waals surface area contributed by atoms with E-state index in [1.165, 1.54) is 22.8 Å². The Bertz CT molecular complexity index is 486. The molecular formula is C12H19N3O3S. The number of rotatable bonds is 6. The minimum Gasteiger partial charge on any atom is -0.395 e. The molecule has 7 heteroatoms. The van der Waals surface area contributed by atoms with Crippen molar-refractivity contribution in [3.63, 3.8) is 0 Å². The van der Waals surface area contributed by atoms with Crippen LogP contribution in [0.25, 0.3) is 0 Å². The Morgan fingerprint density at radius 2 is 2.37 bits per heavy atom. The van der Waals surface area contributed by atoms with Gasteiger partial charge in [-0.15, -0.1) is 0 Å². The molecule has 0 radical (unpaired) electrons. The molecule has 2 heterocycles. The van der Waals surface area contributed by atoms with E-state index in [0.717, 1.165) is 19.4 Å². The van der Waals surface area contributed by atoms with Gasteiger partial charge in [-0.05, 0) is 31.5 Å². The first kappa shape index (κ1) is 14.4. The largest absolute Gasteiger partial charge is 0.395 e. The van der Waals surface area contributed by atoms with E-state index >= 15 is 0 Å². The predicted molar refractivity (Wildman–Crippen MR) is 71.1 cm³/mol. The fourth-order valence-corrected chi connectivity index (χ4v) is 3.67. The van der Waals surface area contributed by atoms with Crippen molar-refractivity contribution in [3.8, 4) is 0 Å². The molecule has 2 rings (SSSR count). The minimum absolute atomic E-state index is 0.107. The molecule has 1 atom stereocenters. The Kier molecular flexibility index (Phi) is 4.87. The molecule has 0 amide bonds. The van der Waals surface area contributed by atoms with E-state index in [0.29, 0.717) is 6.54 Å². The molecule has 0 bridgehead atoms. The third-order valence-corrected chi connectivity index (χ3v) is 5.06. The topological polar surface area (TPSA) is 82.5 Å². The summed E-state index contributed by atoms with van der Waals surface area (Å²) < 4.78 is 26.2. The summed E-state index contributed by atoms with van der Waals surface area (Å²) in [6, 6.07) is 3.28. The molecule has 1 aliphatic rings. The summed E-state index contributed by atoms with van der Waals surface area (Å²) in [5.41, 5.74) is 0. The van der Waals surface area contributed by atoms with Crippen molar-refractivity contribution in [1.82, 2.24) is 14.6 Å². The highest BCUT2D eigenvalue weighted by Gasteiger charge is 2.27. The van der Waals surface area contributed by atoms with Crippen molar-refractivity contribution in [2.45, 2.75) is 23.8 Å². The highest BCUT2D eigenvalue weighted by atomic mass is 32.2. The van der Waals surface area contributed by atoms with E-state index in [4.69, 9.17) is 5.11 Å². The summed E-state index contributed by atoms with van der Waals surface area (Å²) in [4.78, 5) is 4.01. The zero-order valence-corrected chi connectivity index (χ0v) is 11.5. The molecule has 106 valence electrons. The quantitative estimate of drug-likeness (QED) is 0.757. The molecule has 1 unspecified atom stereocenters. The van der Waals surface area contributed by atoms with Gasteiger partial charge in [0.1, 0.15) is 4.90 Å². The van der Waals surface area contributed by atoms with Crippen LogP contribution in [0, 0.1) is 0 Å². The van der Waals surface area contributed by atoms with Crippen molar-refractivity contribution >= 4 is 10.0 Å². The maximum Gasteiger partial charge on any atom is 0.244 e. The number of pyridine rings is 1. The second-order valence-electron chi connectivity index (χ2n) is 4.57. The number of nitrogens with one attached hydrogen (secondary N) is 1. The van der Waals surface area contributed by atoms with Gasteiger partial charge in [0.25, 0.3) is 0 Å². The maximum atomic E-state index is 12.5. The maximum absolute atomic E-state index is 12.5. The van der Waals surface area contributed by atoms with Gasteiger partial charge in [0.05, 0.1) is 6.61 Å². The third-order valence-electron chi connectivity index (χ3n) is 3.21. The number of aliphatic hydroxyl groups is 1. The first-order chi connectivity index (χ1) is 9.14. The SMILES string of the molecule is O=S(=O)(c1cccnc1)N(CCO)CC1CCCN1. The van der Waals surface area contributed by atoms with E-state index in [1.807, 2.05) is 0 Å². The molecule has 0 saturated carbocycles. The summed E-state index contributed by atoms with van der Waals surface area (Å²) in [6.45, 7) is 1.23. The van der Waals surface area contributed by atoms with Crippen LogP contribution in [0.3, 0.4) is 0 Å². The van der Waals surface area contributed by atoms with Crippen LogP contribution in [0.2, 0.25) is 0 Å². The molecule has 0 aliphatic carbocycles. The van der Waals surface area contributed by atoms with E-state index in [-0.39, 0.29) is 24.1 Å². The lowest BCUT2D eigenvalue weighted by molar-refractivity contribution is 0.246. The minimum atomic E-state index is -3.58. The smallest absolute Gasteiger partial charge is 0.244 e. The predicted octanol–water partition coefficient (Wildman–Crippen LogP) is -0.183. The molecule has 1 saturated heterocycles. The van der Waals surface area contributed by atoms with Crippen LogP contribution in [0.4, 0.5) is 0 Å². The zero-order valence-electron chi connectivity index (χ0n) is 10.7. The van der Waals surface area contributed by atoms with E-state index in [1.54, 1.807) is 6.07 Å². The second-order valence-corrected chi connectivity index (χ2v) is 6.51. The number of hydrogen-bond donors (Lipinski definition) is 2. The summed E-state index contributed by atoms with van der Waals surface area (Å²) in [5.74, 6) is 0. The van der Waals surface area contributed by atoms with E-state index in [2.05, 4.69) is 10.3 Å². The third kappa shape index (κ3) is 3.50. The van der Waals surface area contributed by atoms with Crippen molar-refractivity contribution in [2.75, 3.05) is 26.2 Å². The van der Waals surface area contributed by atoms with Crippen molar-refractivity contribution in [1.29, 1.82) is 0 Å². The molecule has 6 nitrogen and oxygen atoms in total. The molecule has 19 heavy (non-hydrogen) atoms. The van der Waals surface area contributed by atoms with Gasteiger partial charge in [0, 0.05) is 31.5 Å². The zero-order chi connectivity index (χ0) is 13.7. The Labute approximate surface area is 113 Å². The standard InChI is InChI=1S/C12H19N3O3S/c16-8-7-15(10-11-3-1-6-14-11)19(17,18)12-4-2-5-13-9-12/h2,4-5,9,11,14,16H,1,3,6-8,10H2. The summed E-state index contributed by atoms with van der Waals surface area (Å²) >= 11 is 0. The Morgan fingerprint density at radius 1 is 1.53 bits per heavy atom. The van der Waals surface area contributed by atoms with Gasteiger partial charge < -0.3 is 10.4 Å². The van der Waals surface area contributed by atoms with Crippen molar-refractivity contribution < 1.29 is 13.5 Å². The van der Waals surface area contributed by atoms with Crippen LogP contribution in [-0.4, -0.2) is 55.1 Å². The number of hydrogen-bond acceptors (Lipinski definition) is 5. The molecule has 1 aromatic heterocycles. The lowest BCUT2D eigenvalue weighted by Crippen LogP contribution is -2.42. The lowest BCUT2D eigenvalue weighted by atomic mass is 10.2. The highest BCUT2D eigenvalue weighted by molar-refractivity contribution is 7.89. The van der Waals surface area contributed by atoms with Crippen molar-refractivity contribution in [3.05, 3.63) is 24.5 Å². The first-order valence-corrected chi connectivity index (χ1v) is 7.83. The molecular weight excluding hydrogens is 266 g/mol. The fourth-order valence-electron chi connectivity index (χ4n) is 2.23. The van der Waals surface area contributed by atoms with Crippen LogP contribution < -0.4 is 5.32 Å². The van der Waals surface area contributed by atoms with Gasteiger partial charge >= 0.3 is 0 Å². The highest BCUT2D eigenvalue weighted by Crippen LogP contribution is 2.16. The summed E-state index contributed by atoms with van der Waals surface area (Å²) in [6.07, 6.45) is 4.89. The molecule has 0 aromatic carbocycles. The van der Waals surface area contributed by atoms with Crippen LogP contribution >= 0.6 is 0 Å². The molecule has 1 aliphatic heterocycles. The average molecular weight is 285 g/mol. The van der Waals surface area contributed by atoms with E-state index < -0.39 is 10.0 Å². The number of aromatic nitrogens is 1. The fraction of sp³-hybridized carbons (Fsp3) is 0.583. The first-order valence-electron chi connectivity index (χ1n) is 6.39. The van der Waals surface area contributed by atoms with Gasteiger partial charge in [-0.25, -0.2) is 8.42 Å². The average Bonchev–Trinajstić information content (AvgIpc) is 2.92. The van der Waals surface area contributed by atoms with Gasteiger partial charge in [0.15, 0.2) is 0 Å². The molecule has 0 spiro atoms. The van der Waals surface area contributed by atoms with Gasteiger partial charge in [-0.2, -0.15) is 4.31 Å². The molecule has 2 N–H and O–H groups in total. The van der Waals surface area contributed by atoms with Gasteiger partial charge in [0.2, 0.25) is 10.0 Å². The van der Waals surface area contributed by atoms with Gasteiger partial charge in [-0.1, -0.05) is 0 Å². The molecule has 1 fully saturated rings. The van der Waals surface area contributed by atoms with Crippen LogP contribution in [0.1, 0.15) is 12.8 Å². The molecule has 1 aromatic rings. The number of aliphatic hydroxyl groups excluding tert-OH is 1. The number of sulfonamides is 1. The number of nitrogens with zero attached hydrogens (tertiary/aromatic N) is 2. The van der Waals surface area contributed by atoms with Crippen LogP contribution in [0.15, 0.2) is 29.4 Å². The van der Waals surface area contributed by atoms with E-state index in [9.17, 15) is 8.42 Å². The summed E-state index contributed by atoms with van der Waals surface area (Å²) in [7, 11) is -3.58. The van der Waals surface area contributed by atoms with Crippen molar-refractivity contribution in [2.24, 2.45) is 0 Å². The summed E-state index contributed by atoms with van der Waals surface area (Å²) in [5, 5.41) is 12.3. The van der Waals surface area contributed by atoms with Crippen LogP contribution in [-0.2, 0) is 10.0 Å². The monoisotopic (exact) mass is 285 g/mol.